The van der Waals surface area contributed by atoms with E-state index >= 15 is 0 Å². The first-order valence-corrected chi connectivity index (χ1v) is 2.29. The fourth-order valence-electron chi connectivity index (χ4n) is 0.516. The van der Waals surface area contributed by atoms with Gasteiger partial charge in [0, 0.05) is 7.05 Å². The molecule has 9 heavy (non-hydrogen) atoms. The van der Waals surface area contributed by atoms with E-state index in [1.165, 1.54) is 0 Å². The Hall–Kier alpha value is -1.23. The monoisotopic (exact) mass is 122 g/mol. The quantitative estimate of drug-likeness (QED) is 0.470. The van der Waals surface area contributed by atoms with E-state index in [1.54, 1.807) is 16.9 Å². The summed E-state index contributed by atoms with van der Waals surface area (Å²) < 4.78 is 1.65. The molecule has 0 bridgehead atoms. The zero-order valence-corrected chi connectivity index (χ0v) is 4.63. The molecule has 2 heteroatoms. The maximum Gasteiger partial charge on any atom is 0.110 e. The van der Waals surface area contributed by atoms with Crippen molar-refractivity contribution in [2.75, 3.05) is 0 Å². The molecule has 0 aromatic carbocycles. The molecule has 48 valence electrons. The van der Waals surface area contributed by atoms with Gasteiger partial charge >= 0.3 is 0 Å². The van der Waals surface area contributed by atoms with Crippen LogP contribution in [0.5, 0.6) is 0 Å². The van der Waals surface area contributed by atoms with E-state index in [1.807, 2.05) is 7.05 Å². The highest BCUT2D eigenvalue weighted by molar-refractivity contribution is 5.22. The molecule has 0 aliphatic heterocycles. The Morgan fingerprint density at radius 1 is 1.78 bits per heavy atom. The van der Waals surface area contributed by atoms with Gasteiger partial charge < -0.3 is 0 Å². The largest absolute Gasteiger partial charge is 0.260 e. The van der Waals surface area contributed by atoms with Gasteiger partial charge in [-0.1, -0.05) is 13.3 Å². The second kappa shape index (κ2) is 2.93. The molecule has 1 rings (SSSR count). The van der Waals surface area contributed by atoms with Crippen LogP contribution in [0.3, 0.4) is 0 Å². The van der Waals surface area contributed by atoms with E-state index in [4.69, 9.17) is 6.42 Å². The highest BCUT2D eigenvalue weighted by Gasteiger charge is 1.87. The van der Waals surface area contributed by atoms with Gasteiger partial charge in [-0.2, -0.15) is 5.10 Å². The molecule has 0 amide bonds. The van der Waals surface area contributed by atoms with Crippen molar-refractivity contribution in [2.45, 2.75) is 7.43 Å². The van der Waals surface area contributed by atoms with E-state index in [2.05, 4.69) is 11.0 Å². The molecule has 1 aromatic heterocycles. The predicted octanol–water partition coefficient (Wildman–Crippen LogP) is 1.04. The van der Waals surface area contributed by atoms with Crippen LogP contribution in [-0.4, -0.2) is 9.78 Å². The predicted molar refractivity (Wildman–Crippen MR) is 37.9 cm³/mol. The van der Waals surface area contributed by atoms with Crippen LogP contribution in [0.4, 0.5) is 0 Å². The molecule has 0 saturated carbocycles. The van der Waals surface area contributed by atoms with Gasteiger partial charge in [0.1, 0.15) is 5.69 Å². The van der Waals surface area contributed by atoms with Gasteiger partial charge in [-0.05, 0) is 6.07 Å². The second-order valence-electron chi connectivity index (χ2n) is 1.48. The van der Waals surface area contributed by atoms with Crippen LogP contribution < -0.4 is 0 Å². The molecular weight excluding hydrogens is 112 g/mol. The number of rotatable bonds is 0. The molecule has 2 nitrogen and oxygen atoms in total. The van der Waals surface area contributed by atoms with Gasteiger partial charge in [0.2, 0.25) is 0 Å². The van der Waals surface area contributed by atoms with Gasteiger partial charge in [0.25, 0.3) is 0 Å². The van der Waals surface area contributed by atoms with Crippen molar-refractivity contribution < 1.29 is 0 Å². The highest BCUT2D eigenvalue weighted by atomic mass is 15.2. The Morgan fingerprint density at radius 3 is 2.67 bits per heavy atom. The first-order chi connectivity index (χ1) is 3.84. The van der Waals surface area contributed by atoms with Crippen molar-refractivity contribution in [1.29, 1.82) is 0 Å². The van der Waals surface area contributed by atoms with Crippen LogP contribution in [0.25, 0.3) is 0 Å². The molecule has 1 heterocycles. The first kappa shape index (κ1) is 7.77. The van der Waals surface area contributed by atoms with Crippen LogP contribution in [0.2, 0.25) is 0 Å². The summed E-state index contributed by atoms with van der Waals surface area (Å²) in [7, 11) is 1.81. The van der Waals surface area contributed by atoms with Gasteiger partial charge in [0.05, 0.1) is 6.20 Å². The summed E-state index contributed by atoms with van der Waals surface area (Å²) in [5.41, 5.74) is 0.810. The lowest BCUT2D eigenvalue weighted by molar-refractivity contribution is 0.758. The summed E-state index contributed by atoms with van der Waals surface area (Å²) in [4.78, 5) is 0. The van der Waals surface area contributed by atoms with Crippen LogP contribution in [-0.2, 0) is 7.05 Å². The Balaban J connectivity index is 0.000000640. The molecule has 1 aromatic rings. The van der Waals surface area contributed by atoms with Crippen molar-refractivity contribution in [1.82, 2.24) is 9.78 Å². The normalized spacial score (nSPS) is 7.56. The molecular formula is C7H10N2. The summed E-state index contributed by atoms with van der Waals surface area (Å²) in [6, 6.07) is 1.79. The molecule has 0 spiro atoms. The highest BCUT2D eigenvalue weighted by Crippen LogP contribution is 1.89. The smallest absolute Gasteiger partial charge is 0.110 e. The van der Waals surface area contributed by atoms with E-state index in [-0.39, 0.29) is 7.43 Å². The molecule has 0 atom stereocenters. The third-order valence-corrected chi connectivity index (χ3v) is 0.969. The maximum atomic E-state index is 5.08. The van der Waals surface area contributed by atoms with E-state index in [9.17, 15) is 0 Å². The Bertz CT molecular complexity index is 217. The summed E-state index contributed by atoms with van der Waals surface area (Å²) >= 11 is 0. The number of hydrogen-bond donors (Lipinski definition) is 0. The van der Waals surface area contributed by atoms with Crippen LogP contribution in [0.15, 0.2) is 12.3 Å². The van der Waals surface area contributed by atoms with E-state index in [0.29, 0.717) is 0 Å². The SMILES string of the molecule is C.C#Cc1ccnn1C. The van der Waals surface area contributed by atoms with Gasteiger partial charge in [0.15, 0.2) is 0 Å². The second-order valence-corrected chi connectivity index (χ2v) is 1.48. The minimum Gasteiger partial charge on any atom is -0.260 e. The molecule has 0 unspecified atom stereocenters. The number of terminal acetylenes is 1. The molecule has 0 aliphatic rings. The van der Waals surface area contributed by atoms with Crippen LogP contribution in [0.1, 0.15) is 13.1 Å². The lowest BCUT2D eigenvalue weighted by Crippen LogP contribution is -1.91. The zero-order valence-electron chi connectivity index (χ0n) is 4.63. The summed E-state index contributed by atoms with van der Waals surface area (Å²) in [5.74, 6) is 2.48. The minimum absolute atomic E-state index is 0. The first-order valence-electron chi connectivity index (χ1n) is 2.29. The average molecular weight is 122 g/mol. The van der Waals surface area contributed by atoms with Crippen molar-refractivity contribution in [2.24, 2.45) is 7.05 Å². The number of nitrogens with zero attached hydrogens (tertiary/aromatic N) is 2. The molecule has 0 aliphatic carbocycles. The lowest BCUT2D eigenvalue weighted by Gasteiger charge is -1.86. The molecule has 0 radical (unpaired) electrons. The fourth-order valence-corrected chi connectivity index (χ4v) is 0.516. The molecule has 0 fully saturated rings. The third-order valence-electron chi connectivity index (χ3n) is 0.969. The number of aromatic nitrogens is 2. The molecule has 0 saturated heterocycles. The Labute approximate surface area is 55.5 Å². The van der Waals surface area contributed by atoms with Crippen molar-refractivity contribution >= 4 is 0 Å². The average Bonchev–Trinajstić information content (AvgIpc) is 2.14. The maximum absolute atomic E-state index is 5.08. The summed E-state index contributed by atoms with van der Waals surface area (Å²) in [5, 5.41) is 3.86. The standard InChI is InChI=1S/C6H6N2.CH4/c1-3-6-4-5-7-8(6)2;/h1,4-5H,2H3;1H4. The van der Waals surface area contributed by atoms with Crippen molar-refractivity contribution in [3.63, 3.8) is 0 Å². The fraction of sp³-hybridized carbons (Fsp3) is 0.286. The van der Waals surface area contributed by atoms with Crippen LogP contribution >= 0.6 is 0 Å². The van der Waals surface area contributed by atoms with Crippen molar-refractivity contribution in [3.05, 3.63) is 18.0 Å². The number of aryl methyl sites for hydroxylation is 1. The van der Waals surface area contributed by atoms with Crippen molar-refractivity contribution in [3.8, 4) is 12.3 Å². The van der Waals surface area contributed by atoms with E-state index in [0.717, 1.165) is 5.69 Å². The molecule has 0 N–H and O–H groups in total. The van der Waals surface area contributed by atoms with Gasteiger partial charge in [-0.3, -0.25) is 4.68 Å². The van der Waals surface area contributed by atoms with Gasteiger partial charge in [-0.25, -0.2) is 0 Å². The zero-order chi connectivity index (χ0) is 5.98. The number of hydrogen-bond acceptors (Lipinski definition) is 1. The topological polar surface area (TPSA) is 17.8 Å². The van der Waals surface area contributed by atoms with Gasteiger partial charge in [-0.15, -0.1) is 6.42 Å². The van der Waals surface area contributed by atoms with E-state index < -0.39 is 0 Å². The summed E-state index contributed by atoms with van der Waals surface area (Å²) in [6.45, 7) is 0. The Morgan fingerprint density at radius 2 is 2.44 bits per heavy atom. The lowest BCUT2D eigenvalue weighted by atomic mass is 10.5. The van der Waals surface area contributed by atoms with Crippen LogP contribution in [0, 0.1) is 12.3 Å². The summed E-state index contributed by atoms with van der Waals surface area (Å²) in [6.07, 6.45) is 6.76. The Kier molecular flexibility index (Phi) is 2.53. The third kappa shape index (κ3) is 1.33. The minimum atomic E-state index is 0.